The predicted molar refractivity (Wildman–Crippen MR) is 113 cm³/mol. The summed E-state index contributed by atoms with van der Waals surface area (Å²) in [7, 11) is 1.60. The molecule has 3 heterocycles. The first-order chi connectivity index (χ1) is 15.8. The molecule has 1 aromatic heterocycles. The number of hydrazine groups is 1. The van der Waals surface area contributed by atoms with Gasteiger partial charge in [-0.25, -0.2) is 5.01 Å². The highest BCUT2D eigenvalue weighted by Gasteiger charge is 2.44. The van der Waals surface area contributed by atoms with Crippen molar-refractivity contribution in [3.8, 4) is 5.75 Å². The molecule has 3 atom stereocenters. The van der Waals surface area contributed by atoms with Crippen molar-refractivity contribution in [2.75, 3.05) is 20.2 Å². The van der Waals surface area contributed by atoms with E-state index < -0.39 is 54.7 Å². The smallest absolute Gasteiger partial charge is 0.305 e. The van der Waals surface area contributed by atoms with Crippen LogP contribution in [0, 0.1) is 0 Å². The summed E-state index contributed by atoms with van der Waals surface area (Å²) in [5, 5.41) is 17.0. The fraction of sp³-hybridized carbons (Fsp3) is 0.524. The Kier molecular flexibility index (Phi) is 7.93. The van der Waals surface area contributed by atoms with Crippen molar-refractivity contribution in [1.82, 2.24) is 25.6 Å². The summed E-state index contributed by atoms with van der Waals surface area (Å²) in [5.41, 5.74) is 0. The summed E-state index contributed by atoms with van der Waals surface area (Å²) in [4.78, 5) is 66.5. The maximum absolute atomic E-state index is 13.1. The lowest BCUT2D eigenvalue weighted by atomic mass is 10.0. The molecular formula is C21H27N5O7. The van der Waals surface area contributed by atoms with Crippen LogP contribution in [0.3, 0.4) is 0 Å². The largest absolute Gasteiger partial charge is 0.484 e. The van der Waals surface area contributed by atoms with E-state index in [1.807, 2.05) is 0 Å². The number of carboxylic acid groups (broad SMARTS) is 1. The summed E-state index contributed by atoms with van der Waals surface area (Å²) < 4.78 is 5.34. The normalized spacial score (nSPS) is 21.6. The number of carbonyl (C=O) groups excluding carboxylic acids is 4. The topological polar surface area (TPSA) is 158 Å². The van der Waals surface area contributed by atoms with Gasteiger partial charge in [-0.05, 0) is 38.4 Å². The molecule has 12 nitrogen and oxygen atoms in total. The number of carbonyl (C=O) groups is 5. The second-order valence-corrected chi connectivity index (χ2v) is 7.84. The van der Waals surface area contributed by atoms with E-state index in [-0.39, 0.29) is 18.7 Å². The van der Waals surface area contributed by atoms with Crippen molar-refractivity contribution < 1.29 is 33.8 Å². The van der Waals surface area contributed by atoms with Crippen molar-refractivity contribution in [3.63, 3.8) is 0 Å². The zero-order valence-electron chi connectivity index (χ0n) is 18.2. The van der Waals surface area contributed by atoms with E-state index in [0.29, 0.717) is 25.1 Å². The van der Waals surface area contributed by atoms with Crippen molar-refractivity contribution in [3.05, 3.63) is 24.5 Å². The molecule has 178 valence electrons. The monoisotopic (exact) mass is 461 g/mol. The van der Waals surface area contributed by atoms with E-state index in [1.54, 1.807) is 19.2 Å². The van der Waals surface area contributed by atoms with Crippen molar-refractivity contribution >= 4 is 29.5 Å². The zero-order valence-corrected chi connectivity index (χ0v) is 18.2. The molecule has 1 aromatic rings. The van der Waals surface area contributed by atoms with Gasteiger partial charge in [0.2, 0.25) is 11.8 Å². The summed E-state index contributed by atoms with van der Waals surface area (Å²) in [6.07, 6.45) is 3.51. The summed E-state index contributed by atoms with van der Waals surface area (Å²) in [5.74, 6) is -2.98. The summed E-state index contributed by atoms with van der Waals surface area (Å²) in [6, 6.07) is 0.175. The molecule has 3 unspecified atom stereocenters. The molecule has 12 heteroatoms. The highest BCUT2D eigenvalue weighted by atomic mass is 16.5. The van der Waals surface area contributed by atoms with Gasteiger partial charge in [-0.1, -0.05) is 0 Å². The SMILES string of the molecule is CNC1CCC(=O)N2CCCC(C(=O)NC(CC(=O)O)C(=O)COc3cccnc3)N2C1=O. The molecule has 0 bridgehead atoms. The number of hydrogen-bond donors (Lipinski definition) is 3. The van der Waals surface area contributed by atoms with Gasteiger partial charge in [0.25, 0.3) is 5.91 Å². The number of nitrogens with one attached hydrogen (secondary N) is 2. The molecule has 2 fully saturated rings. The van der Waals surface area contributed by atoms with E-state index >= 15 is 0 Å². The molecule has 2 aliphatic heterocycles. The Balaban J connectivity index is 1.74. The number of aromatic nitrogens is 1. The van der Waals surface area contributed by atoms with Crippen LogP contribution in [0.1, 0.15) is 32.1 Å². The number of pyridine rings is 1. The number of aliphatic carboxylic acids is 1. The summed E-state index contributed by atoms with van der Waals surface area (Å²) >= 11 is 0. The Morgan fingerprint density at radius 2 is 2.09 bits per heavy atom. The van der Waals surface area contributed by atoms with Gasteiger partial charge in [-0.3, -0.25) is 34.0 Å². The number of carboxylic acids is 1. The third-order valence-corrected chi connectivity index (χ3v) is 5.61. The van der Waals surface area contributed by atoms with E-state index in [2.05, 4.69) is 15.6 Å². The van der Waals surface area contributed by atoms with Crippen LogP contribution in [0.4, 0.5) is 0 Å². The molecule has 0 radical (unpaired) electrons. The number of nitrogens with zero attached hydrogens (tertiary/aromatic N) is 3. The van der Waals surface area contributed by atoms with Gasteiger partial charge in [-0.2, -0.15) is 0 Å². The minimum absolute atomic E-state index is 0.161. The average molecular weight is 461 g/mol. The van der Waals surface area contributed by atoms with E-state index in [0.717, 1.165) is 5.01 Å². The van der Waals surface area contributed by atoms with Crippen molar-refractivity contribution in [2.45, 2.75) is 50.2 Å². The van der Waals surface area contributed by atoms with Crippen LogP contribution in [-0.4, -0.2) is 87.9 Å². The van der Waals surface area contributed by atoms with Gasteiger partial charge in [0.15, 0.2) is 5.78 Å². The van der Waals surface area contributed by atoms with Gasteiger partial charge < -0.3 is 20.5 Å². The Labute approximate surface area is 190 Å². The molecular weight excluding hydrogens is 434 g/mol. The zero-order chi connectivity index (χ0) is 24.0. The maximum Gasteiger partial charge on any atom is 0.305 e. The molecule has 3 rings (SSSR count). The van der Waals surface area contributed by atoms with E-state index in [4.69, 9.17) is 4.74 Å². The highest BCUT2D eigenvalue weighted by Crippen LogP contribution is 2.25. The Morgan fingerprint density at radius 1 is 1.30 bits per heavy atom. The van der Waals surface area contributed by atoms with Crippen molar-refractivity contribution in [2.24, 2.45) is 0 Å². The lowest BCUT2D eigenvalue weighted by Gasteiger charge is -2.43. The standard InChI is InChI=1S/C21H27N5O7/c1-22-14-6-7-18(28)25-9-3-5-16(26(25)21(14)32)20(31)24-15(10-19(29)30)17(27)12-33-13-4-2-8-23-11-13/h2,4,8,11,14-16,22H,3,5-7,9-10,12H2,1H3,(H,24,31)(H,29,30). The quantitative estimate of drug-likeness (QED) is 0.424. The number of Topliss-reactive ketones (excluding diaryl/α,β-unsaturated/α-hetero) is 1. The number of likely N-dealkylation sites (N-methyl/N-ethyl adjacent to an activating group) is 1. The molecule has 3 amide bonds. The average Bonchev–Trinajstić information content (AvgIpc) is 2.93. The van der Waals surface area contributed by atoms with E-state index in [1.165, 1.54) is 17.4 Å². The predicted octanol–water partition coefficient (Wildman–Crippen LogP) is -0.895. The van der Waals surface area contributed by atoms with Crippen molar-refractivity contribution in [1.29, 1.82) is 0 Å². The van der Waals surface area contributed by atoms with Crippen LogP contribution in [0.2, 0.25) is 0 Å². The molecule has 0 aromatic carbocycles. The Morgan fingerprint density at radius 3 is 2.76 bits per heavy atom. The van der Waals surface area contributed by atoms with Crippen LogP contribution in [0.15, 0.2) is 24.5 Å². The molecule has 0 spiro atoms. The molecule has 33 heavy (non-hydrogen) atoms. The molecule has 3 N–H and O–H groups in total. The number of ether oxygens (including phenoxy) is 1. The minimum Gasteiger partial charge on any atom is -0.484 e. The van der Waals surface area contributed by atoms with Crippen LogP contribution < -0.4 is 15.4 Å². The minimum atomic E-state index is -1.36. The molecule has 0 saturated carbocycles. The Hall–Kier alpha value is -3.54. The van der Waals surface area contributed by atoms with Gasteiger partial charge >= 0.3 is 5.97 Å². The van der Waals surface area contributed by atoms with Crippen LogP contribution in [0.25, 0.3) is 0 Å². The first-order valence-electron chi connectivity index (χ1n) is 10.7. The second kappa shape index (κ2) is 10.9. The fourth-order valence-electron chi connectivity index (χ4n) is 3.92. The first kappa shape index (κ1) is 24.1. The number of ketones is 1. The lowest BCUT2D eigenvalue weighted by Crippen LogP contribution is -2.64. The maximum atomic E-state index is 13.1. The van der Waals surface area contributed by atoms with Crippen LogP contribution >= 0.6 is 0 Å². The Bertz CT molecular complexity index is 910. The van der Waals surface area contributed by atoms with Crippen LogP contribution in [-0.2, 0) is 24.0 Å². The van der Waals surface area contributed by atoms with Gasteiger partial charge in [0, 0.05) is 19.2 Å². The number of hydrogen-bond acceptors (Lipinski definition) is 8. The molecule has 2 aliphatic rings. The molecule has 0 aliphatic carbocycles. The van der Waals surface area contributed by atoms with Gasteiger partial charge in [-0.15, -0.1) is 0 Å². The number of rotatable bonds is 9. The van der Waals surface area contributed by atoms with Gasteiger partial charge in [0.1, 0.15) is 24.4 Å². The highest BCUT2D eigenvalue weighted by molar-refractivity contribution is 5.97. The lowest BCUT2D eigenvalue weighted by molar-refractivity contribution is -0.176. The third kappa shape index (κ3) is 5.83. The summed E-state index contributed by atoms with van der Waals surface area (Å²) in [6.45, 7) is -0.162. The fourth-order valence-corrected chi connectivity index (χ4v) is 3.92. The van der Waals surface area contributed by atoms with Gasteiger partial charge in [0.05, 0.1) is 18.7 Å². The van der Waals surface area contributed by atoms with Crippen LogP contribution in [0.5, 0.6) is 5.75 Å². The van der Waals surface area contributed by atoms with E-state index in [9.17, 15) is 29.1 Å². The number of fused-ring (bicyclic) bond motifs is 1. The third-order valence-electron chi connectivity index (χ3n) is 5.61. The first-order valence-corrected chi connectivity index (χ1v) is 10.7. The molecule has 2 saturated heterocycles. The number of amides is 3. The second-order valence-electron chi connectivity index (χ2n) is 7.84.